The number of hydrogen-bond donors (Lipinski definition) is 1. The Kier molecular flexibility index (Phi) is 7.79. The first-order valence-corrected chi connectivity index (χ1v) is 4.85. The molecular weight excluding hydrogens is 212 g/mol. The van der Waals surface area contributed by atoms with E-state index in [2.05, 4.69) is 11.3 Å². The topological polar surface area (TPSA) is 72.8 Å². The predicted molar refractivity (Wildman–Crippen MR) is 57.6 cm³/mol. The molecule has 0 aliphatic carbocycles. The molecule has 1 N–H and O–H groups in total. The Morgan fingerprint density at radius 2 is 1.94 bits per heavy atom. The maximum absolute atomic E-state index is 11.2. The summed E-state index contributed by atoms with van der Waals surface area (Å²) in [6.07, 6.45) is 3.03. The van der Waals surface area contributed by atoms with Gasteiger partial charge >= 0.3 is 11.9 Å². The first-order chi connectivity index (χ1) is 7.61. The zero-order valence-electron chi connectivity index (χ0n) is 9.27. The van der Waals surface area contributed by atoms with Gasteiger partial charge in [0.15, 0.2) is 0 Å². The second-order valence-corrected chi connectivity index (χ2v) is 2.91. The van der Waals surface area contributed by atoms with Crippen molar-refractivity contribution in [3.63, 3.8) is 0 Å². The van der Waals surface area contributed by atoms with Crippen LogP contribution >= 0.6 is 0 Å². The maximum atomic E-state index is 11.2. The smallest absolute Gasteiger partial charge is 0.333 e. The summed E-state index contributed by atoms with van der Waals surface area (Å²) >= 11 is 0. The lowest BCUT2D eigenvalue weighted by Crippen LogP contribution is -2.13. The Hall–Kier alpha value is -1.62. The number of carbonyl (C=O) groups is 2. The summed E-state index contributed by atoms with van der Waals surface area (Å²) < 4.78 is 9.40. The number of carbonyl (C=O) groups excluding carboxylic acids is 2. The number of ether oxygens (including phenoxy) is 2. The predicted octanol–water partition coefficient (Wildman–Crippen LogP) is 0.587. The Morgan fingerprint density at radius 3 is 2.50 bits per heavy atom. The summed E-state index contributed by atoms with van der Waals surface area (Å²) in [6, 6.07) is 0. The minimum Gasteiger partial charge on any atom is -0.459 e. The van der Waals surface area contributed by atoms with E-state index in [-0.39, 0.29) is 19.8 Å². The van der Waals surface area contributed by atoms with E-state index in [4.69, 9.17) is 9.84 Å². The molecule has 0 rings (SSSR count). The Balaban J connectivity index is 3.73. The summed E-state index contributed by atoms with van der Waals surface area (Å²) in [4.78, 5) is 21.8. The summed E-state index contributed by atoms with van der Waals surface area (Å²) in [5.41, 5.74) is 0.420. The van der Waals surface area contributed by atoms with Crippen LogP contribution in [0.5, 0.6) is 0 Å². The molecule has 16 heavy (non-hydrogen) atoms. The van der Waals surface area contributed by atoms with Gasteiger partial charge in [0.1, 0.15) is 13.2 Å². The Labute approximate surface area is 94.4 Å². The average Bonchev–Trinajstić information content (AvgIpc) is 2.30. The van der Waals surface area contributed by atoms with Crippen molar-refractivity contribution < 1.29 is 24.2 Å². The first kappa shape index (κ1) is 14.4. The van der Waals surface area contributed by atoms with Gasteiger partial charge in [0.2, 0.25) is 0 Å². The van der Waals surface area contributed by atoms with E-state index >= 15 is 0 Å². The molecule has 0 heterocycles. The van der Waals surface area contributed by atoms with Crippen LogP contribution in [0, 0.1) is 0 Å². The van der Waals surface area contributed by atoms with Crippen LogP contribution in [0.3, 0.4) is 0 Å². The van der Waals surface area contributed by atoms with E-state index in [1.807, 2.05) is 0 Å². The lowest BCUT2D eigenvalue weighted by molar-refractivity contribution is -0.146. The summed E-state index contributed by atoms with van der Waals surface area (Å²) in [5.74, 6) is -1.04. The van der Waals surface area contributed by atoms with Crippen LogP contribution < -0.4 is 0 Å². The fourth-order valence-corrected chi connectivity index (χ4v) is 0.814. The molecule has 0 fully saturated rings. The molecule has 0 aromatic carbocycles. The maximum Gasteiger partial charge on any atom is 0.333 e. The molecule has 0 unspecified atom stereocenters. The highest BCUT2D eigenvalue weighted by Gasteiger charge is 2.05. The van der Waals surface area contributed by atoms with Gasteiger partial charge in [-0.25, -0.2) is 9.59 Å². The molecule has 0 aliphatic heterocycles. The molecule has 0 aromatic heterocycles. The molecular formula is C11H16O5. The van der Waals surface area contributed by atoms with Crippen molar-refractivity contribution >= 4 is 11.9 Å². The number of aliphatic hydroxyl groups excluding tert-OH is 1. The molecule has 0 radical (unpaired) electrons. The molecule has 0 saturated heterocycles. The van der Waals surface area contributed by atoms with E-state index in [0.29, 0.717) is 12.0 Å². The Morgan fingerprint density at radius 1 is 1.31 bits per heavy atom. The van der Waals surface area contributed by atoms with Gasteiger partial charge in [-0.3, -0.25) is 0 Å². The van der Waals surface area contributed by atoms with Crippen molar-refractivity contribution in [2.75, 3.05) is 19.8 Å². The summed E-state index contributed by atoms with van der Waals surface area (Å²) in [7, 11) is 0. The first-order valence-electron chi connectivity index (χ1n) is 4.85. The van der Waals surface area contributed by atoms with Crippen LogP contribution in [0.2, 0.25) is 0 Å². The quantitative estimate of drug-likeness (QED) is 0.392. The van der Waals surface area contributed by atoms with Gasteiger partial charge in [-0.1, -0.05) is 12.7 Å². The monoisotopic (exact) mass is 228 g/mol. The van der Waals surface area contributed by atoms with Gasteiger partial charge < -0.3 is 14.6 Å². The number of rotatable bonds is 7. The summed E-state index contributed by atoms with van der Waals surface area (Å²) in [5, 5.41) is 8.54. The molecule has 5 heteroatoms. The van der Waals surface area contributed by atoms with E-state index in [0.717, 1.165) is 6.08 Å². The number of aliphatic hydroxyl groups is 1. The third-order valence-corrected chi connectivity index (χ3v) is 1.63. The van der Waals surface area contributed by atoms with Crippen LogP contribution in [-0.4, -0.2) is 36.9 Å². The van der Waals surface area contributed by atoms with Gasteiger partial charge in [-0.2, -0.15) is 0 Å². The van der Waals surface area contributed by atoms with Gasteiger partial charge in [0, 0.05) is 18.3 Å². The fraction of sp³-hybridized carbons (Fsp3) is 0.455. The minimum atomic E-state index is -0.552. The molecule has 0 saturated carbocycles. The SMILES string of the molecule is C=CC(=O)OCCOC(=O)C(C)=CCCO. The third-order valence-electron chi connectivity index (χ3n) is 1.63. The highest BCUT2D eigenvalue weighted by Crippen LogP contribution is 1.98. The molecule has 0 spiro atoms. The van der Waals surface area contributed by atoms with Gasteiger partial charge in [0.05, 0.1) is 0 Å². The van der Waals surface area contributed by atoms with Gasteiger partial charge in [-0.05, 0) is 13.3 Å². The molecule has 0 atom stereocenters. The number of esters is 2. The molecule has 0 amide bonds. The van der Waals surface area contributed by atoms with Crippen molar-refractivity contribution in [1.82, 2.24) is 0 Å². The van der Waals surface area contributed by atoms with Crippen LogP contribution in [-0.2, 0) is 19.1 Å². The standard InChI is InChI=1S/C11H16O5/c1-3-10(13)15-7-8-16-11(14)9(2)5-4-6-12/h3,5,12H,1,4,6-8H2,2H3. The van der Waals surface area contributed by atoms with E-state index in [9.17, 15) is 9.59 Å². The molecule has 0 aliphatic rings. The third kappa shape index (κ3) is 6.78. The van der Waals surface area contributed by atoms with Crippen LogP contribution in [0.1, 0.15) is 13.3 Å². The number of hydrogen-bond acceptors (Lipinski definition) is 5. The normalized spacial score (nSPS) is 10.8. The van der Waals surface area contributed by atoms with Crippen LogP contribution in [0.15, 0.2) is 24.3 Å². The molecule has 0 aromatic rings. The molecule has 90 valence electrons. The second-order valence-electron chi connectivity index (χ2n) is 2.91. The van der Waals surface area contributed by atoms with Crippen molar-refractivity contribution in [2.45, 2.75) is 13.3 Å². The van der Waals surface area contributed by atoms with E-state index < -0.39 is 11.9 Å². The lowest BCUT2D eigenvalue weighted by atomic mass is 10.2. The minimum absolute atomic E-state index is 0.00270. The highest BCUT2D eigenvalue weighted by atomic mass is 16.6. The van der Waals surface area contributed by atoms with Gasteiger partial charge in [0.25, 0.3) is 0 Å². The molecule has 5 nitrogen and oxygen atoms in total. The van der Waals surface area contributed by atoms with Crippen molar-refractivity contribution in [3.8, 4) is 0 Å². The lowest BCUT2D eigenvalue weighted by Gasteiger charge is -2.05. The van der Waals surface area contributed by atoms with E-state index in [1.165, 1.54) is 0 Å². The highest BCUT2D eigenvalue weighted by molar-refractivity contribution is 5.87. The summed E-state index contributed by atoms with van der Waals surface area (Å²) in [6.45, 7) is 4.81. The zero-order chi connectivity index (χ0) is 12.4. The Bertz CT molecular complexity index is 280. The van der Waals surface area contributed by atoms with Crippen LogP contribution in [0.4, 0.5) is 0 Å². The van der Waals surface area contributed by atoms with Crippen molar-refractivity contribution in [3.05, 3.63) is 24.3 Å². The van der Waals surface area contributed by atoms with Crippen molar-refractivity contribution in [1.29, 1.82) is 0 Å². The van der Waals surface area contributed by atoms with Crippen molar-refractivity contribution in [2.24, 2.45) is 0 Å². The molecule has 0 bridgehead atoms. The zero-order valence-corrected chi connectivity index (χ0v) is 9.27. The van der Waals surface area contributed by atoms with E-state index in [1.54, 1.807) is 13.0 Å². The average molecular weight is 228 g/mol. The second kappa shape index (κ2) is 8.67. The largest absolute Gasteiger partial charge is 0.459 e. The van der Waals surface area contributed by atoms with Crippen LogP contribution in [0.25, 0.3) is 0 Å². The fourth-order valence-electron chi connectivity index (χ4n) is 0.814. The van der Waals surface area contributed by atoms with Gasteiger partial charge in [-0.15, -0.1) is 0 Å².